The minimum absolute atomic E-state index is 0.0317. The summed E-state index contributed by atoms with van der Waals surface area (Å²) in [6.45, 7) is 1.69. The summed E-state index contributed by atoms with van der Waals surface area (Å²) in [7, 11) is -4.07. The van der Waals surface area contributed by atoms with Crippen LogP contribution in [0, 0.1) is 6.92 Å². The molecule has 33 heavy (non-hydrogen) atoms. The van der Waals surface area contributed by atoms with E-state index in [1.165, 1.54) is 24.3 Å². The molecule has 4 rings (SSSR count). The second-order valence-corrected chi connectivity index (χ2v) is 8.94. The lowest BCUT2D eigenvalue weighted by Gasteiger charge is -2.11. The summed E-state index contributed by atoms with van der Waals surface area (Å²) >= 11 is 0. The first kappa shape index (κ1) is 21.9. The molecule has 0 atom stereocenters. The summed E-state index contributed by atoms with van der Waals surface area (Å²) in [5.41, 5.74) is 0.197. The Bertz CT molecular complexity index is 1570. The molecule has 0 aliphatic carbocycles. The van der Waals surface area contributed by atoms with Crippen molar-refractivity contribution < 1.29 is 32.9 Å². The quantitative estimate of drug-likeness (QED) is 0.347. The average molecular weight is 467 g/mol. The van der Waals surface area contributed by atoms with E-state index in [0.717, 1.165) is 24.3 Å². The summed E-state index contributed by atoms with van der Waals surface area (Å²) in [6, 6.07) is 13.1. The van der Waals surface area contributed by atoms with Crippen LogP contribution in [0.5, 0.6) is 11.5 Å². The Hall–Kier alpha value is -4.31. The van der Waals surface area contributed by atoms with Gasteiger partial charge < -0.3 is 19.7 Å². The molecule has 0 radical (unpaired) electrons. The Morgan fingerprint density at radius 3 is 2.30 bits per heavy atom. The number of nitrogens with one attached hydrogen (secondary N) is 1. The van der Waals surface area contributed by atoms with E-state index in [1.807, 2.05) is 0 Å². The predicted octanol–water partition coefficient (Wildman–Crippen LogP) is 3.68. The number of carbonyl (C=O) groups is 1. The number of aryl methyl sites for hydroxylation is 1. The fourth-order valence-corrected chi connectivity index (χ4v) is 4.24. The van der Waals surface area contributed by atoms with Gasteiger partial charge in [0.05, 0.1) is 15.8 Å². The number of carboxylic acids is 1. The van der Waals surface area contributed by atoms with Crippen molar-refractivity contribution in [3.05, 3.63) is 82.0 Å². The number of phenols is 1. The molecule has 0 saturated heterocycles. The fourth-order valence-electron chi connectivity index (χ4n) is 3.19. The first-order valence-electron chi connectivity index (χ1n) is 9.53. The van der Waals surface area contributed by atoms with Gasteiger partial charge in [0, 0.05) is 11.3 Å². The zero-order chi connectivity index (χ0) is 23.9. The Morgan fingerprint density at radius 2 is 1.67 bits per heavy atom. The van der Waals surface area contributed by atoms with Crippen LogP contribution in [0.25, 0.3) is 22.3 Å². The average Bonchev–Trinajstić information content (AvgIpc) is 2.78. The molecule has 0 amide bonds. The second kappa shape index (κ2) is 7.99. The lowest BCUT2D eigenvalue weighted by Crippen LogP contribution is -2.13. The van der Waals surface area contributed by atoms with Gasteiger partial charge in [0.1, 0.15) is 11.3 Å². The number of phenolic OH excluding ortho intramolecular Hbond substituents is 1. The standard InChI is InChI=1S/C23H17NO8S/c1-12-2-3-14(10-18(12)25)22-21(27)20(26)17-11-15(6-9-19(17)32-22)24-33(30,31)16-7-4-13(5-8-16)23(28)29/h2-11,24-25,27H,1H3,(H,28,29). The highest BCUT2D eigenvalue weighted by molar-refractivity contribution is 7.92. The number of hydrogen-bond acceptors (Lipinski definition) is 7. The zero-order valence-corrected chi connectivity index (χ0v) is 17.9. The van der Waals surface area contributed by atoms with Gasteiger partial charge in [0.25, 0.3) is 10.0 Å². The van der Waals surface area contributed by atoms with Crippen LogP contribution < -0.4 is 10.2 Å². The number of fused-ring (bicyclic) bond motifs is 1. The van der Waals surface area contributed by atoms with E-state index >= 15 is 0 Å². The Morgan fingerprint density at radius 1 is 0.970 bits per heavy atom. The molecule has 168 valence electrons. The molecule has 0 spiro atoms. The van der Waals surface area contributed by atoms with Crippen LogP contribution in [0.4, 0.5) is 5.69 Å². The highest BCUT2D eigenvalue weighted by Crippen LogP contribution is 2.33. The van der Waals surface area contributed by atoms with Gasteiger partial charge in [0.15, 0.2) is 5.76 Å². The Labute approximate surface area is 187 Å². The summed E-state index contributed by atoms with van der Waals surface area (Å²) in [4.78, 5) is 23.5. The third-order valence-corrected chi connectivity index (χ3v) is 6.40. The minimum atomic E-state index is -4.07. The van der Waals surface area contributed by atoms with Crippen molar-refractivity contribution in [2.45, 2.75) is 11.8 Å². The SMILES string of the molecule is Cc1ccc(-c2oc3ccc(NS(=O)(=O)c4ccc(C(=O)O)cc4)cc3c(=O)c2O)cc1O. The van der Waals surface area contributed by atoms with Crippen LogP contribution in [0.3, 0.4) is 0 Å². The molecule has 0 unspecified atom stereocenters. The minimum Gasteiger partial charge on any atom is -0.508 e. The molecular weight excluding hydrogens is 450 g/mol. The van der Waals surface area contributed by atoms with Crippen molar-refractivity contribution in [3.8, 4) is 22.8 Å². The highest BCUT2D eigenvalue weighted by atomic mass is 32.2. The van der Waals surface area contributed by atoms with Gasteiger partial charge >= 0.3 is 5.97 Å². The molecule has 4 aromatic rings. The lowest BCUT2D eigenvalue weighted by atomic mass is 10.1. The lowest BCUT2D eigenvalue weighted by molar-refractivity contribution is 0.0696. The number of carboxylic acid groups (broad SMARTS) is 1. The number of aromatic hydroxyl groups is 2. The van der Waals surface area contributed by atoms with Gasteiger partial charge in [-0.3, -0.25) is 9.52 Å². The molecule has 0 aliphatic heterocycles. The van der Waals surface area contributed by atoms with Crippen LogP contribution >= 0.6 is 0 Å². The van der Waals surface area contributed by atoms with Gasteiger partial charge in [-0.05, 0) is 61.0 Å². The number of hydrogen-bond donors (Lipinski definition) is 4. The van der Waals surface area contributed by atoms with Crippen molar-refractivity contribution in [2.24, 2.45) is 0 Å². The third-order valence-electron chi connectivity index (χ3n) is 5.00. The maximum atomic E-state index is 12.8. The molecule has 0 aliphatic rings. The summed E-state index contributed by atoms with van der Waals surface area (Å²) in [5.74, 6) is -2.03. The van der Waals surface area contributed by atoms with Crippen molar-refractivity contribution in [2.75, 3.05) is 4.72 Å². The number of sulfonamides is 1. The molecule has 1 aromatic heterocycles. The maximum absolute atomic E-state index is 12.8. The highest BCUT2D eigenvalue weighted by Gasteiger charge is 2.19. The first-order chi connectivity index (χ1) is 15.6. The molecule has 0 fully saturated rings. The van der Waals surface area contributed by atoms with E-state index in [0.29, 0.717) is 11.1 Å². The van der Waals surface area contributed by atoms with E-state index in [9.17, 15) is 28.2 Å². The first-order valence-corrected chi connectivity index (χ1v) is 11.0. The van der Waals surface area contributed by atoms with Crippen molar-refractivity contribution in [1.29, 1.82) is 0 Å². The van der Waals surface area contributed by atoms with Crippen LogP contribution in [0.1, 0.15) is 15.9 Å². The summed E-state index contributed by atoms with van der Waals surface area (Å²) in [5, 5.41) is 29.2. The Balaban J connectivity index is 1.72. The summed E-state index contributed by atoms with van der Waals surface area (Å²) < 4.78 is 33.2. The van der Waals surface area contributed by atoms with E-state index < -0.39 is 27.2 Å². The van der Waals surface area contributed by atoms with Crippen LogP contribution in [0.2, 0.25) is 0 Å². The normalized spacial score (nSPS) is 11.4. The van der Waals surface area contributed by atoms with Crippen LogP contribution in [-0.4, -0.2) is 29.7 Å². The van der Waals surface area contributed by atoms with Crippen LogP contribution in [0.15, 0.2) is 74.8 Å². The topological polar surface area (TPSA) is 154 Å². The smallest absolute Gasteiger partial charge is 0.335 e. The van der Waals surface area contributed by atoms with Crippen LogP contribution in [-0.2, 0) is 10.0 Å². The monoisotopic (exact) mass is 467 g/mol. The van der Waals surface area contributed by atoms with E-state index in [2.05, 4.69) is 4.72 Å². The molecule has 9 nitrogen and oxygen atoms in total. The zero-order valence-electron chi connectivity index (χ0n) is 17.1. The van der Waals surface area contributed by atoms with Crippen molar-refractivity contribution in [3.63, 3.8) is 0 Å². The number of aromatic carboxylic acids is 1. The second-order valence-electron chi connectivity index (χ2n) is 7.26. The fraction of sp³-hybridized carbons (Fsp3) is 0.0435. The Kier molecular flexibility index (Phi) is 5.30. The molecule has 0 saturated carbocycles. The van der Waals surface area contributed by atoms with Gasteiger partial charge in [-0.15, -0.1) is 0 Å². The van der Waals surface area contributed by atoms with Gasteiger partial charge in [-0.25, -0.2) is 13.2 Å². The van der Waals surface area contributed by atoms with Crippen molar-refractivity contribution >= 4 is 32.6 Å². The van der Waals surface area contributed by atoms with E-state index in [-0.39, 0.29) is 38.6 Å². The van der Waals surface area contributed by atoms with Crippen molar-refractivity contribution in [1.82, 2.24) is 0 Å². The molecule has 0 bridgehead atoms. The number of anilines is 1. The number of benzene rings is 3. The molecule has 1 heterocycles. The van der Waals surface area contributed by atoms with Gasteiger partial charge in [-0.1, -0.05) is 12.1 Å². The molecule has 4 N–H and O–H groups in total. The van der Waals surface area contributed by atoms with Gasteiger partial charge in [0.2, 0.25) is 11.2 Å². The van der Waals surface area contributed by atoms with E-state index in [1.54, 1.807) is 19.1 Å². The van der Waals surface area contributed by atoms with Gasteiger partial charge in [-0.2, -0.15) is 0 Å². The summed E-state index contributed by atoms with van der Waals surface area (Å²) in [6.07, 6.45) is 0. The molecule has 3 aromatic carbocycles. The number of rotatable bonds is 5. The predicted molar refractivity (Wildman–Crippen MR) is 120 cm³/mol. The largest absolute Gasteiger partial charge is 0.508 e. The van der Waals surface area contributed by atoms with E-state index in [4.69, 9.17) is 9.52 Å². The third kappa shape index (κ3) is 4.11. The maximum Gasteiger partial charge on any atom is 0.335 e. The molecule has 10 heteroatoms. The molecular formula is C23H17NO8S.